The van der Waals surface area contributed by atoms with Crippen molar-refractivity contribution in [3.05, 3.63) is 106 Å². The zero-order valence-corrected chi connectivity index (χ0v) is 21.3. The molecule has 0 spiro atoms. The van der Waals surface area contributed by atoms with Crippen molar-refractivity contribution in [3.63, 3.8) is 0 Å². The largest absolute Gasteiger partial charge is 0.271 e. The summed E-state index contributed by atoms with van der Waals surface area (Å²) in [6.07, 6.45) is 0.389. The molecule has 12 nitrogen and oxygen atoms in total. The fourth-order valence-electron chi connectivity index (χ4n) is 5.14. The molecule has 0 saturated carbocycles. The molecule has 1 saturated heterocycles. The number of aryl methyl sites for hydroxylation is 1. The standard InChI is InChI=1S/C28H23N7O5/c1-17-7-11-20(12-8-17)33-27(37)25-26(28(33)38)32(31-29-25)16-24(36)34-23(19-9-13-21(14-10-19)35(39)40)15-22(30-34)18-5-3-2-4-6-18/h2-14,23,25-26H,15-16H2,1H3. The Morgan fingerprint density at radius 2 is 1.68 bits per heavy atom. The van der Waals surface area contributed by atoms with Crippen molar-refractivity contribution >= 4 is 34.8 Å². The van der Waals surface area contributed by atoms with E-state index in [1.807, 2.05) is 37.3 Å². The third kappa shape index (κ3) is 4.28. The van der Waals surface area contributed by atoms with Crippen LogP contribution in [-0.2, 0) is 14.4 Å². The molecule has 3 aliphatic rings. The summed E-state index contributed by atoms with van der Waals surface area (Å²) >= 11 is 0. The van der Waals surface area contributed by atoms with Crippen LogP contribution in [-0.4, -0.2) is 57.0 Å². The Hall–Kier alpha value is -5.26. The van der Waals surface area contributed by atoms with Gasteiger partial charge in [-0.25, -0.2) is 9.91 Å². The lowest BCUT2D eigenvalue weighted by Gasteiger charge is -2.25. The van der Waals surface area contributed by atoms with Crippen LogP contribution < -0.4 is 4.90 Å². The molecule has 0 bridgehead atoms. The number of rotatable bonds is 6. The molecule has 40 heavy (non-hydrogen) atoms. The molecular formula is C28H23N7O5. The molecule has 3 amide bonds. The molecule has 0 N–H and O–H groups in total. The van der Waals surface area contributed by atoms with Gasteiger partial charge in [0.15, 0.2) is 12.1 Å². The highest BCUT2D eigenvalue weighted by atomic mass is 16.6. The number of anilines is 1. The van der Waals surface area contributed by atoms with E-state index in [0.29, 0.717) is 23.4 Å². The van der Waals surface area contributed by atoms with Gasteiger partial charge in [-0.3, -0.25) is 29.5 Å². The summed E-state index contributed by atoms with van der Waals surface area (Å²) in [4.78, 5) is 51.8. The SMILES string of the molecule is Cc1ccc(N2C(=O)C3N=NN(CC(=O)N4N=C(c5ccccc5)CC4c4ccc([N+](=O)[O-])cc4)C3C2=O)cc1. The second-order valence-electron chi connectivity index (χ2n) is 9.76. The minimum absolute atomic E-state index is 0.0603. The van der Waals surface area contributed by atoms with Crippen LogP contribution in [0.2, 0.25) is 0 Å². The van der Waals surface area contributed by atoms with Crippen molar-refractivity contribution in [2.45, 2.75) is 31.5 Å². The zero-order chi connectivity index (χ0) is 28.0. The molecule has 12 heteroatoms. The minimum Gasteiger partial charge on any atom is -0.271 e. The van der Waals surface area contributed by atoms with E-state index in [-0.39, 0.29) is 12.2 Å². The number of hydrogen-bond acceptors (Lipinski definition) is 9. The third-order valence-corrected chi connectivity index (χ3v) is 7.21. The fourth-order valence-corrected chi connectivity index (χ4v) is 5.14. The average molecular weight is 538 g/mol. The van der Waals surface area contributed by atoms with Crippen LogP contribution in [0.3, 0.4) is 0 Å². The van der Waals surface area contributed by atoms with Gasteiger partial charge in [0.1, 0.15) is 6.54 Å². The number of benzene rings is 3. The Morgan fingerprint density at radius 1 is 0.975 bits per heavy atom. The maximum absolute atomic E-state index is 13.7. The number of non-ortho nitro benzene ring substituents is 1. The Morgan fingerprint density at radius 3 is 2.35 bits per heavy atom. The highest BCUT2D eigenvalue weighted by Crippen LogP contribution is 2.35. The highest BCUT2D eigenvalue weighted by Gasteiger charge is 2.55. The van der Waals surface area contributed by atoms with E-state index >= 15 is 0 Å². The van der Waals surface area contributed by atoms with E-state index in [1.165, 1.54) is 22.2 Å². The quantitative estimate of drug-likeness (QED) is 0.267. The zero-order valence-electron chi connectivity index (χ0n) is 21.3. The van der Waals surface area contributed by atoms with Crippen molar-refractivity contribution in [2.75, 3.05) is 11.4 Å². The molecule has 3 aromatic carbocycles. The summed E-state index contributed by atoms with van der Waals surface area (Å²) in [7, 11) is 0. The van der Waals surface area contributed by atoms with Gasteiger partial charge in [0.25, 0.3) is 23.4 Å². The fraction of sp³-hybridized carbons (Fsp3) is 0.214. The van der Waals surface area contributed by atoms with Gasteiger partial charge in [-0.05, 0) is 30.2 Å². The van der Waals surface area contributed by atoms with Gasteiger partial charge in [0.05, 0.1) is 22.4 Å². The molecule has 6 rings (SSSR count). The van der Waals surface area contributed by atoms with Gasteiger partial charge >= 0.3 is 0 Å². The Bertz CT molecular complexity index is 1570. The number of fused-ring (bicyclic) bond motifs is 1. The Kier molecular flexibility index (Phi) is 6.14. The van der Waals surface area contributed by atoms with Crippen molar-refractivity contribution in [3.8, 4) is 0 Å². The van der Waals surface area contributed by atoms with Crippen LogP contribution in [0.15, 0.2) is 94.3 Å². The summed E-state index contributed by atoms with van der Waals surface area (Å²) in [6, 6.07) is 19.8. The molecule has 3 aliphatic heterocycles. The molecule has 3 unspecified atom stereocenters. The van der Waals surface area contributed by atoms with Crippen molar-refractivity contribution in [1.82, 2.24) is 10.0 Å². The van der Waals surface area contributed by atoms with E-state index < -0.39 is 40.8 Å². The number of imide groups is 1. The van der Waals surface area contributed by atoms with Crippen LogP contribution in [0.25, 0.3) is 0 Å². The summed E-state index contributed by atoms with van der Waals surface area (Å²) in [6.45, 7) is 1.57. The molecule has 0 aromatic heterocycles. The van der Waals surface area contributed by atoms with Gasteiger partial charge in [-0.15, -0.1) is 0 Å². The van der Waals surface area contributed by atoms with Crippen molar-refractivity contribution in [2.24, 2.45) is 15.4 Å². The smallest absolute Gasteiger partial charge is 0.269 e. The van der Waals surface area contributed by atoms with E-state index in [0.717, 1.165) is 16.0 Å². The molecule has 0 aliphatic carbocycles. The lowest BCUT2D eigenvalue weighted by atomic mass is 9.98. The maximum atomic E-state index is 13.7. The van der Waals surface area contributed by atoms with Gasteiger partial charge < -0.3 is 0 Å². The molecular weight excluding hydrogens is 514 g/mol. The number of amides is 3. The van der Waals surface area contributed by atoms with Crippen LogP contribution in [0.5, 0.6) is 0 Å². The topological polar surface area (TPSA) is 141 Å². The average Bonchev–Trinajstić information content (AvgIpc) is 3.65. The first-order valence-electron chi connectivity index (χ1n) is 12.6. The van der Waals surface area contributed by atoms with Crippen LogP contribution in [0.1, 0.15) is 29.2 Å². The Balaban J connectivity index is 1.26. The predicted molar refractivity (Wildman–Crippen MR) is 143 cm³/mol. The summed E-state index contributed by atoms with van der Waals surface area (Å²) < 4.78 is 0. The van der Waals surface area contributed by atoms with E-state index in [2.05, 4.69) is 15.4 Å². The summed E-state index contributed by atoms with van der Waals surface area (Å²) in [5.41, 5.74) is 3.55. The Labute approximate surface area is 228 Å². The number of carbonyl (C=O) groups excluding carboxylic acids is 3. The number of carbonyl (C=O) groups is 3. The first kappa shape index (κ1) is 25.0. The number of hydrogen-bond donors (Lipinski definition) is 0. The number of nitro groups is 1. The number of nitro benzene ring substituents is 1. The van der Waals surface area contributed by atoms with Crippen molar-refractivity contribution < 1.29 is 19.3 Å². The molecule has 3 aromatic rings. The van der Waals surface area contributed by atoms with E-state index in [4.69, 9.17) is 0 Å². The highest BCUT2D eigenvalue weighted by molar-refractivity contribution is 6.25. The molecule has 3 atom stereocenters. The number of nitrogens with zero attached hydrogens (tertiary/aromatic N) is 7. The van der Waals surface area contributed by atoms with Crippen LogP contribution in [0.4, 0.5) is 11.4 Å². The number of hydrazone groups is 1. The summed E-state index contributed by atoms with van der Waals surface area (Å²) in [5, 5.41) is 26.3. The van der Waals surface area contributed by atoms with Crippen LogP contribution >= 0.6 is 0 Å². The van der Waals surface area contributed by atoms with E-state index in [1.54, 1.807) is 36.4 Å². The lowest BCUT2D eigenvalue weighted by molar-refractivity contribution is -0.384. The molecule has 0 radical (unpaired) electrons. The van der Waals surface area contributed by atoms with Gasteiger partial charge in [0.2, 0.25) is 0 Å². The normalized spacial score (nSPS) is 21.7. The van der Waals surface area contributed by atoms with Gasteiger partial charge in [-0.1, -0.05) is 65.4 Å². The van der Waals surface area contributed by atoms with Crippen LogP contribution in [0, 0.1) is 17.0 Å². The lowest BCUT2D eigenvalue weighted by Crippen LogP contribution is -2.44. The van der Waals surface area contributed by atoms with E-state index in [9.17, 15) is 24.5 Å². The molecule has 200 valence electrons. The van der Waals surface area contributed by atoms with Gasteiger partial charge in [0, 0.05) is 18.6 Å². The van der Waals surface area contributed by atoms with Crippen molar-refractivity contribution in [1.29, 1.82) is 0 Å². The summed E-state index contributed by atoms with van der Waals surface area (Å²) in [5.74, 6) is -1.45. The maximum Gasteiger partial charge on any atom is 0.269 e. The first-order chi connectivity index (χ1) is 19.3. The first-order valence-corrected chi connectivity index (χ1v) is 12.6. The van der Waals surface area contributed by atoms with Gasteiger partial charge in [-0.2, -0.15) is 10.2 Å². The second kappa shape index (κ2) is 9.80. The third-order valence-electron chi connectivity index (χ3n) is 7.21. The molecule has 3 heterocycles. The monoisotopic (exact) mass is 537 g/mol. The minimum atomic E-state index is -1.03. The molecule has 1 fully saturated rings. The predicted octanol–water partition coefficient (Wildman–Crippen LogP) is 3.57. The second-order valence-corrected chi connectivity index (χ2v) is 9.76.